The number of aromatic nitrogens is 2. The first kappa shape index (κ1) is 15.8. The maximum Gasteiger partial charge on any atom is 0.274 e. The van der Waals surface area contributed by atoms with Gasteiger partial charge in [-0.25, -0.2) is 18.7 Å². The Kier molecular flexibility index (Phi) is 5.31. The van der Waals surface area contributed by atoms with Crippen molar-refractivity contribution in [3.63, 3.8) is 0 Å². The van der Waals surface area contributed by atoms with Gasteiger partial charge in [0.2, 0.25) is 0 Å². The number of nitrogens with zero attached hydrogens (tertiary/aromatic N) is 2. The third kappa shape index (κ3) is 4.19. The standard InChI is InChI=1S/C14H14F2N4O2/c1-22-5-4-17-13-7-12(18-8-19-13)14(21)20-11-3-2-9(15)6-10(11)16/h2-3,6-8H,4-5H2,1H3,(H,20,21)(H,17,18,19). The van der Waals surface area contributed by atoms with Crippen LogP contribution >= 0.6 is 0 Å². The summed E-state index contributed by atoms with van der Waals surface area (Å²) in [6, 6.07) is 4.30. The third-order valence-corrected chi connectivity index (χ3v) is 2.69. The quantitative estimate of drug-likeness (QED) is 0.799. The number of hydrogen-bond donors (Lipinski definition) is 2. The van der Waals surface area contributed by atoms with Crippen molar-refractivity contribution in [2.45, 2.75) is 0 Å². The zero-order valence-corrected chi connectivity index (χ0v) is 11.8. The monoisotopic (exact) mass is 308 g/mol. The van der Waals surface area contributed by atoms with Crippen LogP contribution in [0.5, 0.6) is 0 Å². The molecule has 1 heterocycles. The lowest BCUT2D eigenvalue weighted by Crippen LogP contribution is -2.16. The molecule has 0 atom stereocenters. The molecule has 2 aromatic rings. The van der Waals surface area contributed by atoms with Crippen molar-refractivity contribution in [1.82, 2.24) is 9.97 Å². The highest BCUT2D eigenvalue weighted by Gasteiger charge is 2.12. The Morgan fingerprint density at radius 3 is 2.82 bits per heavy atom. The fourth-order valence-electron chi connectivity index (χ4n) is 1.64. The third-order valence-electron chi connectivity index (χ3n) is 2.69. The van der Waals surface area contributed by atoms with Crippen molar-refractivity contribution in [3.8, 4) is 0 Å². The summed E-state index contributed by atoms with van der Waals surface area (Å²) < 4.78 is 31.2. The lowest BCUT2D eigenvalue weighted by molar-refractivity contribution is 0.102. The summed E-state index contributed by atoms with van der Waals surface area (Å²) in [5, 5.41) is 5.27. The lowest BCUT2D eigenvalue weighted by Gasteiger charge is -2.08. The molecule has 0 bridgehead atoms. The van der Waals surface area contributed by atoms with Gasteiger partial charge in [-0.1, -0.05) is 0 Å². The molecule has 0 saturated heterocycles. The Bertz CT molecular complexity index is 667. The number of rotatable bonds is 6. The van der Waals surface area contributed by atoms with E-state index in [-0.39, 0.29) is 11.4 Å². The molecule has 1 aromatic heterocycles. The van der Waals surface area contributed by atoms with Crippen molar-refractivity contribution in [1.29, 1.82) is 0 Å². The summed E-state index contributed by atoms with van der Waals surface area (Å²) >= 11 is 0. The second kappa shape index (κ2) is 7.41. The second-order valence-electron chi connectivity index (χ2n) is 4.29. The number of anilines is 2. The molecule has 6 nitrogen and oxygen atoms in total. The van der Waals surface area contributed by atoms with Crippen LogP contribution in [0.4, 0.5) is 20.3 Å². The van der Waals surface area contributed by atoms with Gasteiger partial charge in [-0.2, -0.15) is 0 Å². The Morgan fingerprint density at radius 2 is 2.09 bits per heavy atom. The van der Waals surface area contributed by atoms with Crippen LogP contribution in [0, 0.1) is 11.6 Å². The molecular weight excluding hydrogens is 294 g/mol. The zero-order chi connectivity index (χ0) is 15.9. The average molecular weight is 308 g/mol. The number of carbonyl (C=O) groups excluding carboxylic acids is 1. The van der Waals surface area contributed by atoms with Gasteiger partial charge in [0.05, 0.1) is 12.3 Å². The molecule has 0 aliphatic carbocycles. The second-order valence-corrected chi connectivity index (χ2v) is 4.29. The molecule has 0 spiro atoms. The van der Waals surface area contributed by atoms with E-state index in [1.165, 1.54) is 12.4 Å². The number of benzene rings is 1. The first-order chi connectivity index (χ1) is 10.6. The molecule has 0 saturated carbocycles. The molecule has 0 unspecified atom stereocenters. The maximum atomic E-state index is 13.5. The van der Waals surface area contributed by atoms with Gasteiger partial charge >= 0.3 is 0 Å². The van der Waals surface area contributed by atoms with Gasteiger partial charge in [0.15, 0.2) is 0 Å². The van der Waals surface area contributed by atoms with E-state index in [4.69, 9.17) is 4.74 Å². The van der Waals surface area contributed by atoms with Crippen molar-refractivity contribution in [2.75, 3.05) is 30.9 Å². The van der Waals surface area contributed by atoms with Crippen LogP contribution < -0.4 is 10.6 Å². The van der Waals surface area contributed by atoms with E-state index in [0.717, 1.165) is 12.1 Å². The minimum atomic E-state index is -0.860. The smallest absolute Gasteiger partial charge is 0.274 e. The van der Waals surface area contributed by atoms with E-state index < -0.39 is 17.5 Å². The number of hydrogen-bond acceptors (Lipinski definition) is 5. The number of carbonyl (C=O) groups is 1. The Morgan fingerprint density at radius 1 is 1.27 bits per heavy atom. The fraction of sp³-hybridized carbons (Fsp3) is 0.214. The normalized spacial score (nSPS) is 10.3. The van der Waals surface area contributed by atoms with Gasteiger partial charge in [-0.15, -0.1) is 0 Å². The maximum absolute atomic E-state index is 13.5. The van der Waals surface area contributed by atoms with Crippen molar-refractivity contribution in [3.05, 3.63) is 47.9 Å². The molecule has 22 heavy (non-hydrogen) atoms. The Balaban J connectivity index is 2.07. The number of amides is 1. The van der Waals surface area contributed by atoms with E-state index in [2.05, 4.69) is 20.6 Å². The van der Waals surface area contributed by atoms with Gasteiger partial charge < -0.3 is 15.4 Å². The van der Waals surface area contributed by atoms with Crippen LogP contribution in [-0.2, 0) is 4.74 Å². The minimum Gasteiger partial charge on any atom is -0.383 e. The van der Waals surface area contributed by atoms with E-state index >= 15 is 0 Å². The van der Waals surface area contributed by atoms with Gasteiger partial charge in [-0.05, 0) is 12.1 Å². The number of methoxy groups -OCH3 is 1. The summed E-state index contributed by atoms with van der Waals surface area (Å²) in [6.07, 6.45) is 1.21. The molecule has 0 aliphatic rings. The molecule has 2 rings (SSSR count). The molecule has 0 fully saturated rings. The zero-order valence-electron chi connectivity index (χ0n) is 11.8. The Hall–Kier alpha value is -2.61. The summed E-state index contributed by atoms with van der Waals surface area (Å²) in [5.74, 6) is -1.76. The summed E-state index contributed by atoms with van der Waals surface area (Å²) in [4.78, 5) is 19.8. The van der Waals surface area contributed by atoms with Crippen molar-refractivity contribution < 1.29 is 18.3 Å². The molecule has 8 heteroatoms. The number of halogens is 2. The van der Waals surface area contributed by atoms with Crippen LogP contribution in [0.2, 0.25) is 0 Å². The molecule has 1 aromatic carbocycles. The predicted molar refractivity (Wildman–Crippen MR) is 76.7 cm³/mol. The number of nitrogens with one attached hydrogen (secondary N) is 2. The van der Waals surface area contributed by atoms with Crippen LogP contribution in [0.1, 0.15) is 10.5 Å². The van der Waals surface area contributed by atoms with Crippen LogP contribution in [0.25, 0.3) is 0 Å². The SMILES string of the molecule is COCCNc1cc(C(=O)Nc2ccc(F)cc2F)ncn1. The highest BCUT2D eigenvalue weighted by atomic mass is 19.1. The largest absolute Gasteiger partial charge is 0.383 e. The topological polar surface area (TPSA) is 76.1 Å². The summed E-state index contributed by atoms with van der Waals surface area (Å²) in [5.41, 5.74) is -0.0717. The van der Waals surface area contributed by atoms with Crippen molar-refractivity contribution >= 4 is 17.4 Å². The first-order valence-electron chi connectivity index (χ1n) is 6.41. The molecule has 2 N–H and O–H groups in total. The van der Waals surface area contributed by atoms with Crippen LogP contribution in [0.15, 0.2) is 30.6 Å². The van der Waals surface area contributed by atoms with E-state index in [9.17, 15) is 13.6 Å². The predicted octanol–water partition coefficient (Wildman–Crippen LogP) is 2.07. The lowest BCUT2D eigenvalue weighted by atomic mass is 10.2. The molecular formula is C14H14F2N4O2. The van der Waals surface area contributed by atoms with Gasteiger partial charge in [0.25, 0.3) is 5.91 Å². The molecule has 116 valence electrons. The molecule has 0 aliphatic heterocycles. The summed E-state index contributed by atoms with van der Waals surface area (Å²) in [6.45, 7) is 0.994. The highest BCUT2D eigenvalue weighted by Crippen LogP contribution is 2.16. The first-order valence-corrected chi connectivity index (χ1v) is 6.41. The highest BCUT2D eigenvalue weighted by molar-refractivity contribution is 6.03. The Labute approximate surface area is 125 Å². The van der Waals surface area contributed by atoms with Crippen LogP contribution in [-0.4, -0.2) is 36.1 Å². The van der Waals surface area contributed by atoms with Gasteiger partial charge in [0.1, 0.15) is 29.5 Å². The van der Waals surface area contributed by atoms with Gasteiger partial charge in [0, 0.05) is 25.8 Å². The minimum absolute atomic E-state index is 0.0543. The van der Waals surface area contributed by atoms with Crippen LogP contribution in [0.3, 0.4) is 0 Å². The van der Waals surface area contributed by atoms with E-state index in [1.807, 2.05) is 0 Å². The number of ether oxygens (including phenoxy) is 1. The van der Waals surface area contributed by atoms with Crippen molar-refractivity contribution in [2.24, 2.45) is 0 Å². The van der Waals surface area contributed by atoms with E-state index in [1.54, 1.807) is 7.11 Å². The molecule has 0 radical (unpaired) electrons. The van der Waals surface area contributed by atoms with Gasteiger partial charge in [-0.3, -0.25) is 4.79 Å². The molecule has 1 amide bonds. The average Bonchev–Trinajstić information content (AvgIpc) is 2.50. The fourth-order valence-corrected chi connectivity index (χ4v) is 1.64. The summed E-state index contributed by atoms with van der Waals surface area (Å²) in [7, 11) is 1.57. The van der Waals surface area contributed by atoms with E-state index in [0.29, 0.717) is 25.0 Å².